The molecular formula is C9H5F3N2O2. The van der Waals surface area contributed by atoms with Crippen LogP contribution in [0, 0.1) is 17.1 Å². The summed E-state index contributed by atoms with van der Waals surface area (Å²) in [6, 6.07) is 1.35. The third-order valence-corrected chi connectivity index (χ3v) is 1.79. The van der Waals surface area contributed by atoms with Crippen LogP contribution in [-0.2, 0) is 11.2 Å². The molecule has 0 bridgehead atoms. The SMILES string of the molecule is N#Cc1cnc(CC(=O)O)c(C(F)F)c1F. The molecule has 0 unspecified atom stereocenters. The number of carboxylic acid groups (broad SMARTS) is 1. The van der Waals surface area contributed by atoms with Gasteiger partial charge in [-0.05, 0) is 0 Å². The van der Waals surface area contributed by atoms with Gasteiger partial charge in [0.05, 0.1) is 17.7 Å². The van der Waals surface area contributed by atoms with E-state index in [9.17, 15) is 18.0 Å². The van der Waals surface area contributed by atoms with Crippen LogP contribution in [-0.4, -0.2) is 16.1 Å². The smallest absolute Gasteiger partial charge is 0.309 e. The Labute approximate surface area is 88.0 Å². The summed E-state index contributed by atoms with van der Waals surface area (Å²) in [5.41, 5.74) is -2.33. The normalized spacial score (nSPS) is 10.2. The number of nitrogens with zero attached hydrogens (tertiary/aromatic N) is 2. The molecule has 16 heavy (non-hydrogen) atoms. The van der Waals surface area contributed by atoms with E-state index in [1.807, 2.05) is 0 Å². The Bertz CT molecular complexity index is 469. The highest BCUT2D eigenvalue weighted by molar-refractivity contribution is 5.70. The van der Waals surface area contributed by atoms with Crippen LogP contribution in [0.15, 0.2) is 6.20 Å². The number of alkyl halides is 2. The van der Waals surface area contributed by atoms with Gasteiger partial charge in [-0.2, -0.15) is 5.26 Å². The van der Waals surface area contributed by atoms with Gasteiger partial charge in [-0.3, -0.25) is 9.78 Å². The number of carbonyl (C=O) groups is 1. The second-order valence-electron chi connectivity index (χ2n) is 2.83. The summed E-state index contributed by atoms with van der Waals surface area (Å²) in [6.07, 6.45) is -3.29. The third-order valence-electron chi connectivity index (χ3n) is 1.79. The highest BCUT2D eigenvalue weighted by atomic mass is 19.3. The van der Waals surface area contributed by atoms with Crippen molar-refractivity contribution >= 4 is 5.97 Å². The molecular weight excluding hydrogens is 225 g/mol. The minimum Gasteiger partial charge on any atom is -0.481 e. The van der Waals surface area contributed by atoms with Crippen LogP contribution < -0.4 is 0 Å². The lowest BCUT2D eigenvalue weighted by atomic mass is 10.1. The summed E-state index contributed by atoms with van der Waals surface area (Å²) in [4.78, 5) is 13.7. The maximum atomic E-state index is 13.3. The van der Waals surface area contributed by atoms with Gasteiger partial charge in [0.1, 0.15) is 11.6 Å². The number of carboxylic acids is 1. The van der Waals surface area contributed by atoms with E-state index in [-0.39, 0.29) is 0 Å². The Morgan fingerprint density at radius 3 is 2.69 bits per heavy atom. The molecule has 0 atom stereocenters. The first-order chi connectivity index (χ1) is 7.47. The van der Waals surface area contributed by atoms with Gasteiger partial charge in [-0.1, -0.05) is 0 Å². The van der Waals surface area contributed by atoms with E-state index in [0.717, 1.165) is 6.20 Å². The summed E-state index contributed by atoms with van der Waals surface area (Å²) < 4.78 is 38.2. The maximum Gasteiger partial charge on any atom is 0.309 e. The molecule has 1 N–H and O–H groups in total. The van der Waals surface area contributed by atoms with Gasteiger partial charge in [0.25, 0.3) is 6.43 Å². The van der Waals surface area contributed by atoms with Crippen molar-refractivity contribution in [1.29, 1.82) is 5.26 Å². The van der Waals surface area contributed by atoms with E-state index < -0.39 is 41.5 Å². The minimum atomic E-state index is -3.21. The van der Waals surface area contributed by atoms with E-state index >= 15 is 0 Å². The minimum absolute atomic E-state index is 0.570. The zero-order valence-corrected chi connectivity index (χ0v) is 7.75. The highest BCUT2D eigenvalue weighted by Gasteiger charge is 2.23. The molecule has 0 aliphatic heterocycles. The van der Waals surface area contributed by atoms with Crippen molar-refractivity contribution in [1.82, 2.24) is 4.98 Å². The van der Waals surface area contributed by atoms with Crippen LogP contribution in [0.25, 0.3) is 0 Å². The molecule has 0 saturated carbocycles. The molecule has 0 amide bonds. The predicted octanol–water partition coefficient (Wildman–Crippen LogP) is 1.66. The highest BCUT2D eigenvalue weighted by Crippen LogP contribution is 2.26. The molecule has 4 nitrogen and oxygen atoms in total. The van der Waals surface area contributed by atoms with Crippen LogP contribution in [0.3, 0.4) is 0 Å². The maximum absolute atomic E-state index is 13.3. The largest absolute Gasteiger partial charge is 0.481 e. The van der Waals surface area contributed by atoms with Crippen molar-refractivity contribution < 1.29 is 23.1 Å². The first-order valence-corrected chi connectivity index (χ1v) is 4.04. The zero-order valence-electron chi connectivity index (χ0n) is 7.75. The number of hydrogen-bond donors (Lipinski definition) is 1. The van der Waals surface area contributed by atoms with Crippen LogP contribution in [0.5, 0.6) is 0 Å². The molecule has 0 aromatic carbocycles. The topological polar surface area (TPSA) is 74.0 Å². The molecule has 0 aliphatic carbocycles. The van der Waals surface area contributed by atoms with E-state index in [2.05, 4.69) is 4.98 Å². The summed E-state index contributed by atoms with van der Waals surface area (Å²) in [6.45, 7) is 0. The molecule has 1 aromatic heterocycles. The number of halogens is 3. The van der Waals surface area contributed by atoms with Gasteiger partial charge in [0, 0.05) is 6.20 Å². The fourth-order valence-electron chi connectivity index (χ4n) is 1.12. The lowest BCUT2D eigenvalue weighted by Gasteiger charge is -2.07. The molecule has 0 saturated heterocycles. The average molecular weight is 230 g/mol. The fourth-order valence-corrected chi connectivity index (χ4v) is 1.12. The Kier molecular flexibility index (Phi) is 3.45. The molecule has 0 aliphatic rings. The number of nitriles is 1. The molecule has 1 heterocycles. The van der Waals surface area contributed by atoms with Crippen molar-refractivity contribution in [2.75, 3.05) is 0 Å². The zero-order chi connectivity index (χ0) is 12.3. The van der Waals surface area contributed by atoms with E-state index in [4.69, 9.17) is 10.4 Å². The molecule has 84 valence electrons. The monoisotopic (exact) mass is 230 g/mol. The van der Waals surface area contributed by atoms with Gasteiger partial charge in [0.2, 0.25) is 0 Å². The predicted molar refractivity (Wildman–Crippen MR) is 45.2 cm³/mol. The lowest BCUT2D eigenvalue weighted by molar-refractivity contribution is -0.136. The van der Waals surface area contributed by atoms with Crippen LogP contribution >= 0.6 is 0 Å². The third kappa shape index (κ3) is 2.28. The summed E-state index contributed by atoms with van der Waals surface area (Å²) in [5.74, 6) is -2.82. The second kappa shape index (κ2) is 4.61. The van der Waals surface area contributed by atoms with Crippen molar-refractivity contribution in [3.05, 3.63) is 28.8 Å². The lowest BCUT2D eigenvalue weighted by Crippen LogP contribution is -2.09. The van der Waals surface area contributed by atoms with Crippen molar-refractivity contribution in [3.8, 4) is 6.07 Å². The summed E-state index contributed by atoms with van der Waals surface area (Å²) in [7, 11) is 0. The molecule has 0 spiro atoms. The van der Waals surface area contributed by atoms with Gasteiger partial charge in [-0.25, -0.2) is 13.2 Å². The summed E-state index contributed by atoms with van der Waals surface area (Å²) in [5, 5.41) is 16.8. The Hall–Kier alpha value is -2.10. The molecule has 0 fully saturated rings. The van der Waals surface area contributed by atoms with Gasteiger partial charge < -0.3 is 5.11 Å². The standard InChI is InChI=1S/C9H5F3N2O2/c10-8-4(2-13)3-14-5(1-6(15)16)7(8)9(11)12/h3,9H,1H2,(H,15,16). The van der Waals surface area contributed by atoms with Crippen molar-refractivity contribution in [3.63, 3.8) is 0 Å². The number of aromatic nitrogens is 1. The van der Waals surface area contributed by atoms with Crippen molar-refractivity contribution in [2.45, 2.75) is 12.8 Å². The van der Waals surface area contributed by atoms with Crippen molar-refractivity contribution in [2.24, 2.45) is 0 Å². The number of rotatable bonds is 3. The fraction of sp³-hybridized carbons (Fsp3) is 0.222. The average Bonchev–Trinajstić information content (AvgIpc) is 2.16. The second-order valence-corrected chi connectivity index (χ2v) is 2.83. The van der Waals surface area contributed by atoms with E-state index in [1.54, 1.807) is 0 Å². The van der Waals surface area contributed by atoms with Crippen LogP contribution in [0.1, 0.15) is 23.2 Å². The summed E-state index contributed by atoms with van der Waals surface area (Å²) >= 11 is 0. The number of pyridine rings is 1. The van der Waals surface area contributed by atoms with E-state index in [0.29, 0.717) is 0 Å². The quantitative estimate of drug-likeness (QED) is 0.856. The molecule has 0 radical (unpaired) electrons. The van der Waals surface area contributed by atoms with Gasteiger partial charge in [0.15, 0.2) is 5.82 Å². The van der Waals surface area contributed by atoms with Crippen LogP contribution in [0.4, 0.5) is 13.2 Å². The van der Waals surface area contributed by atoms with Gasteiger partial charge in [-0.15, -0.1) is 0 Å². The Balaban J connectivity index is 3.35. The molecule has 7 heteroatoms. The Morgan fingerprint density at radius 1 is 1.62 bits per heavy atom. The molecule has 1 aromatic rings. The number of hydrogen-bond acceptors (Lipinski definition) is 3. The number of aliphatic carboxylic acids is 1. The Morgan fingerprint density at radius 2 is 2.25 bits per heavy atom. The first-order valence-electron chi connectivity index (χ1n) is 4.04. The molecule has 1 rings (SSSR count). The van der Waals surface area contributed by atoms with Gasteiger partial charge >= 0.3 is 5.97 Å². The first kappa shape index (κ1) is 12.0. The van der Waals surface area contributed by atoms with Crippen LogP contribution in [0.2, 0.25) is 0 Å². The van der Waals surface area contributed by atoms with E-state index in [1.165, 1.54) is 6.07 Å².